The van der Waals surface area contributed by atoms with Crippen LogP contribution in [0.3, 0.4) is 0 Å². The number of fused-ring (bicyclic) bond motifs is 2. The molecule has 4 rings (SSSR count). The van der Waals surface area contributed by atoms with E-state index in [-0.39, 0.29) is 5.82 Å². The molecule has 4 atom stereocenters. The fourth-order valence-corrected chi connectivity index (χ4v) is 5.91. The number of hydrogen-bond donors (Lipinski definition) is 0. The van der Waals surface area contributed by atoms with Crippen LogP contribution in [0.4, 0.5) is 4.39 Å². The van der Waals surface area contributed by atoms with Crippen LogP contribution < -0.4 is 4.74 Å². The van der Waals surface area contributed by atoms with E-state index in [2.05, 4.69) is 25.1 Å². The van der Waals surface area contributed by atoms with Gasteiger partial charge < -0.3 is 4.74 Å². The van der Waals surface area contributed by atoms with Crippen molar-refractivity contribution in [2.75, 3.05) is 7.11 Å². The van der Waals surface area contributed by atoms with Gasteiger partial charge in [0.25, 0.3) is 0 Å². The first-order valence-corrected chi connectivity index (χ1v) is 11.4. The van der Waals surface area contributed by atoms with E-state index in [1.54, 1.807) is 7.11 Å². The fourth-order valence-electron chi connectivity index (χ4n) is 5.91. The van der Waals surface area contributed by atoms with E-state index in [0.717, 1.165) is 28.5 Å². The Morgan fingerprint density at radius 1 is 0.964 bits per heavy atom. The topological polar surface area (TPSA) is 9.23 Å². The highest BCUT2D eigenvalue weighted by atomic mass is 19.1. The summed E-state index contributed by atoms with van der Waals surface area (Å²) in [5, 5.41) is 1.67. The second-order valence-corrected chi connectivity index (χ2v) is 9.29. The summed E-state index contributed by atoms with van der Waals surface area (Å²) in [6.45, 7) is 2.30. The minimum absolute atomic E-state index is 0.169. The van der Waals surface area contributed by atoms with Crippen LogP contribution in [0.1, 0.15) is 82.6 Å². The van der Waals surface area contributed by atoms with Crippen LogP contribution in [0.2, 0.25) is 0 Å². The summed E-state index contributed by atoms with van der Waals surface area (Å²) in [6.07, 6.45) is 13.9. The van der Waals surface area contributed by atoms with Gasteiger partial charge in [-0.15, -0.1) is 0 Å². The molecule has 28 heavy (non-hydrogen) atoms. The van der Waals surface area contributed by atoms with Gasteiger partial charge in [-0.05, 0) is 78.9 Å². The van der Waals surface area contributed by atoms with Crippen LogP contribution in [-0.4, -0.2) is 7.11 Å². The molecule has 0 bridgehead atoms. The first-order chi connectivity index (χ1) is 13.7. The smallest absolute Gasteiger partial charge is 0.134 e. The van der Waals surface area contributed by atoms with Crippen molar-refractivity contribution in [3.63, 3.8) is 0 Å². The van der Waals surface area contributed by atoms with Crippen LogP contribution in [-0.2, 0) is 0 Å². The molecule has 4 unspecified atom stereocenters. The average Bonchev–Trinajstić information content (AvgIpc) is 2.73. The number of ether oxygens (including phenoxy) is 1. The summed E-state index contributed by atoms with van der Waals surface area (Å²) < 4.78 is 19.7. The van der Waals surface area contributed by atoms with E-state index in [0.29, 0.717) is 11.7 Å². The van der Waals surface area contributed by atoms with Crippen LogP contribution in [0.15, 0.2) is 30.3 Å². The van der Waals surface area contributed by atoms with Gasteiger partial charge in [0.2, 0.25) is 0 Å². The summed E-state index contributed by atoms with van der Waals surface area (Å²) in [5.41, 5.74) is 1.33. The van der Waals surface area contributed by atoms with Gasteiger partial charge in [-0.3, -0.25) is 0 Å². The van der Waals surface area contributed by atoms with Crippen molar-refractivity contribution in [2.45, 2.75) is 77.0 Å². The second kappa shape index (κ2) is 8.84. The molecular weight excluding hydrogens is 347 g/mol. The lowest BCUT2D eigenvalue weighted by Gasteiger charge is -2.42. The molecule has 0 radical (unpaired) electrons. The van der Waals surface area contributed by atoms with Crippen molar-refractivity contribution in [2.24, 2.45) is 17.8 Å². The molecule has 0 aliphatic heterocycles. The van der Waals surface area contributed by atoms with E-state index in [9.17, 15) is 4.39 Å². The lowest BCUT2D eigenvalue weighted by molar-refractivity contribution is 0.113. The number of benzene rings is 2. The highest BCUT2D eigenvalue weighted by Gasteiger charge is 2.35. The molecule has 2 fully saturated rings. The predicted molar refractivity (Wildman–Crippen MR) is 116 cm³/mol. The molecule has 1 nitrogen and oxygen atoms in total. The van der Waals surface area contributed by atoms with Crippen LogP contribution in [0.25, 0.3) is 10.8 Å². The van der Waals surface area contributed by atoms with Crippen molar-refractivity contribution in [1.29, 1.82) is 0 Å². The van der Waals surface area contributed by atoms with E-state index in [1.807, 2.05) is 6.07 Å². The summed E-state index contributed by atoms with van der Waals surface area (Å²) in [5.74, 6) is 3.83. The third-order valence-corrected chi connectivity index (χ3v) is 7.55. The summed E-state index contributed by atoms with van der Waals surface area (Å²) in [4.78, 5) is 0. The third-order valence-electron chi connectivity index (χ3n) is 7.55. The Morgan fingerprint density at radius 3 is 2.61 bits per heavy atom. The molecule has 0 spiro atoms. The van der Waals surface area contributed by atoms with Gasteiger partial charge in [0.1, 0.15) is 11.6 Å². The van der Waals surface area contributed by atoms with Gasteiger partial charge in [-0.25, -0.2) is 4.39 Å². The first-order valence-electron chi connectivity index (χ1n) is 11.4. The molecule has 0 saturated heterocycles. The van der Waals surface area contributed by atoms with Gasteiger partial charge in [0, 0.05) is 11.5 Å². The number of hydrogen-bond acceptors (Lipinski definition) is 1. The molecule has 2 aliphatic rings. The lowest BCUT2D eigenvalue weighted by Crippen LogP contribution is -2.30. The highest BCUT2D eigenvalue weighted by Crippen LogP contribution is 2.48. The Labute approximate surface area is 169 Å². The Bertz CT molecular complexity index is 798. The summed E-state index contributed by atoms with van der Waals surface area (Å²) in [7, 11) is 1.59. The number of unbranched alkanes of at least 4 members (excludes halogenated alkanes) is 2. The average molecular weight is 383 g/mol. The van der Waals surface area contributed by atoms with Crippen molar-refractivity contribution >= 4 is 10.8 Å². The van der Waals surface area contributed by atoms with E-state index >= 15 is 0 Å². The van der Waals surface area contributed by atoms with E-state index in [1.165, 1.54) is 75.8 Å². The SMILES string of the molecule is CCCCCC1CCC2CC(c3ccc4cc(OC)cc(F)c4c3)CCC2C1. The zero-order valence-corrected chi connectivity index (χ0v) is 17.6. The Hall–Kier alpha value is -1.57. The van der Waals surface area contributed by atoms with Crippen LogP contribution in [0.5, 0.6) is 5.75 Å². The van der Waals surface area contributed by atoms with Gasteiger partial charge in [0.15, 0.2) is 0 Å². The molecule has 0 amide bonds. The molecule has 152 valence electrons. The maximum Gasteiger partial charge on any atom is 0.134 e. The summed E-state index contributed by atoms with van der Waals surface area (Å²) >= 11 is 0. The largest absolute Gasteiger partial charge is 0.497 e. The zero-order valence-electron chi connectivity index (χ0n) is 17.6. The molecule has 2 aliphatic carbocycles. The molecule has 0 aromatic heterocycles. The molecule has 2 aromatic carbocycles. The first kappa shape index (κ1) is 19.7. The normalized spacial score (nSPS) is 27.5. The Balaban J connectivity index is 1.43. The molecule has 0 N–H and O–H groups in total. The molecule has 2 aromatic rings. The third kappa shape index (κ3) is 4.21. The predicted octanol–water partition coefficient (Wildman–Crippen LogP) is 7.87. The van der Waals surface area contributed by atoms with Crippen molar-refractivity contribution in [3.05, 3.63) is 41.7 Å². The number of rotatable bonds is 6. The minimum atomic E-state index is -0.169. The van der Waals surface area contributed by atoms with E-state index < -0.39 is 0 Å². The van der Waals surface area contributed by atoms with Crippen LogP contribution in [0, 0.1) is 23.6 Å². The molecule has 2 saturated carbocycles. The second-order valence-electron chi connectivity index (χ2n) is 9.29. The van der Waals surface area contributed by atoms with Crippen LogP contribution >= 0.6 is 0 Å². The lowest BCUT2D eigenvalue weighted by atomic mass is 9.63. The summed E-state index contributed by atoms with van der Waals surface area (Å²) in [6, 6.07) is 9.84. The van der Waals surface area contributed by atoms with Crippen molar-refractivity contribution in [3.8, 4) is 5.75 Å². The maximum atomic E-state index is 14.5. The highest BCUT2D eigenvalue weighted by molar-refractivity contribution is 5.85. The fraction of sp³-hybridized carbons (Fsp3) is 0.615. The van der Waals surface area contributed by atoms with E-state index in [4.69, 9.17) is 4.74 Å². The van der Waals surface area contributed by atoms with Crippen molar-refractivity contribution in [1.82, 2.24) is 0 Å². The molecule has 0 heterocycles. The minimum Gasteiger partial charge on any atom is -0.497 e. The number of methoxy groups -OCH3 is 1. The molecule has 2 heteroatoms. The van der Waals surface area contributed by atoms with Crippen molar-refractivity contribution < 1.29 is 9.13 Å². The maximum absolute atomic E-state index is 14.5. The van der Waals surface area contributed by atoms with Gasteiger partial charge in [0.05, 0.1) is 7.11 Å². The van der Waals surface area contributed by atoms with Gasteiger partial charge >= 0.3 is 0 Å². The molecular formula is C26H35FO. The zero-order chi connectivity index (χ0) is 19.5. The Kier molecular flexibility index (Phi) is 6.23. The monoisotopic (exact) mass is 382 g/mol. The van der Waals surface area contributed by atoms with Gasteiger partial charge in [-0.2, -0.15) is 0 Å². The quantitative estimate of drug-likeness (QED) is 0.462. The standard InChI is InChI=1S/C26H35FO/c1-3-4-5-6-18-7-8-20-14-21(10-9-19(20)13-18)22-11-12-23-15-24(28-2)17-26(27)25(23)16-22/h11-12,15-21H,3-10,13-14H2,1-2H3. The number of halogens is 1. The Morgan fingerprint density at radius 2 is 1.79 bits per heavy atom. The van der Waals surface area contributed by atoms with Gasteiger partial charge in [-0.1, -0.05) is 51.2 Å².